The van der Waals surface area contributed by atoms with E-state index < -0.39 is 0 Å². The summed E-state index contributed by atoms with van der Waals surface area (Å²) in [6.45, 7) is 6.75. The minimum absolute atomic E-state index is 0.107. The third-order valence-electron chi connectivity index (χ3n) is 3.90. The maximum atomic E-state index is 2.27. The number of aromatic nitrogens is 4. The summed E-state index contributed by atoms with van der Waals surface area (Å²) in [6, 6.07) is 6.76. The summed E-state index contributed by atoms with van der Waals surface area (Å²) in [5.41, 5.74) is 3.79. The predicted octanol–water partition coefficient (Wildman–Crippen LogP) is 2.21. The fourth-order valence-electron chi connectivity index (χ4n) is 2.53. The second-order valence-electron chi connectivity index (χ2n) is 6.96. The van der Waals surface area contributed by atoms with Gasteiger partial charge in [-0.15, -0.1) is 0 Å². The van der Waals surface area contributed by atoms with Crippen LogP contribution in [0.5, 0.6) is 0 Å². The van der Waals surface area contributed by atoms with Crippen molar-refractivity contribution in [2.24, 2.45) is 14.1 Å². The third kappa shape index (κ3) is 2.82. The second-order valence-corrected chi connectivity index (χ2v) is 6.96. The Labute approximate surface area is 131 Å². The molecule has 0 bridgehead atoms. The quantitative estimate of drug-likeness (QED) is 0.645. The average molecular weight is 296 g/mol. The van der Waals surface area contributed by atoms with Gasteiger partial charge < -0.3 is 0 Å². The van der Waals surface area contributed by atoms with Gasteiger partial charge in [0.1, 0.15) is 36.2 Å². The highest BCUT2D eigenvalue weighted by Crippen LogP contribution is 2.27. The molecule has 0 spiro atoms. The van der Waals surface area contributed by atoms with Crippen LogP contribution < -0.4 is 9.13 Å². The zero-order valence-corrected chi connectivity index (χ0v) is 14.0. The lowest BCUT2D eigenvalue weighted by molar-refractivity contribution is -0.670. The van der Waals surface area contributed by atoms with Crippen LogP contribution in [-0.4, -0.2) is 9.13 Å². The van der Waals surface area contributed by atoms with Gasteiger partial charge in [-0.05, 0) is 23.1 Å². The van der Waals surface area contributed by atoms with Crippen molar-refractivity contribution in [2.75, 3.05) is 0 Å². The van der Waals surface area contributed by atoms with Crippen molar-refractivity contribution >= 4 is 0 Å². The summed E-state index contributed by atoms with van der Waals surface area (Å²) in [4.78, 5) is 0. The Morgan fingerprint density at radius 2 is 1.23 bits per heavy atom. The highest BCUT2D eigenvalue weighted by molar-refractivity contribution is 5.49. The molecule has 2 aromatic heterocycles. The number of rotatable bonds is 2. The van der Waals surface area contributed by atoms with Gasteiger partial charge >= 0.3 is 0 Å². The van der Waals surface area contributed by atoms with E-state index in [9.17, 15) is 0 Å². The molecule has 0 saturated carbocycles. The highest BCUT2D eigenvalue weighted by atomic mass is 15.1. The van der Waals surface area contributed by atoms with E-state index in [1.165, 1.54) is 16.9 Å². The van der Waals surface area contributed by atoms with Gasteiger partial charge in [0.25, 0.3) is 0 Å². The van der Waals surface area contributed by atoms with E-state index in [0.29, 0.717) is 0 Å². The zero-order valence-electron chi connectivity index (χ0n) is 14.0. The van der Waals surface area contributed by atoms with E-state index in [0.717, 1.165) is 0 Å². The van der Waals surface area contributed by atoms with Crippen molar-refractivity contribution in [1.82, 2.24) is 9.13 Å². The van der Waals surface area contributed by atoms with E-state index in [1.54, 1.807) is 0 Å². The number of hydrogen-bond donors (Lipinski definition) is 0. The topological polar surface area (TPSA) is 17.6 Å². The molecule has 22 heavy (non-hydrogen) atoms. The van der Waals surface area contributed by atoms with Crippen LogP contribution in [0.4, 0.5) is 0 Å². The number of aryl methyl sites for hydroxylation is 2. The molecule has 1 aromatic carbocycles. The van der Waals surface area contributed by atoms with Gasteiger partial charge in [-0.25, -0.2) is 18.3 Å². The fourth-order valence-corrected chi connectivity index (χ4v) is 2.53. The molecule has 0 aliphatic rings. The molecule has 0 amide bonds. The van der Waals surface area contributed by atoms with E-state index >= 15 is 0 Å². The highest BCUT2D eigenvalue weighted by Gasteiger charge is 2.19. The summed E-state index contributed by atoms with van der Waals surface area (Å²) < 4.78 is 8.42. The van der Waals surface area contributed by atoms with E-state index in [1.807, 2.05) is 14.1 Å². The van der Waals surface area contributed by atoms with Crippen LogP contribution in [0.15, 0.2) is 55.6 Å². The lowest BCUT2D eigenvalue weighted by atomic mass is 9.86. The third-order valence-corrected chi connectivity index (χ3v) is 3.90. The summed E-state index contributed by atoms with van der Waals surface area (Å²) in [7, 11) is 4.08. The Morgan fingerprint density at radius 3 is 1.55 bits per heavy atom. The van der Waals surface area contributed by atoms with Crippen LogP contribution in [0, 0.1) is 0 Å². The summed E-state index contributed by atoms with van der Waals surface area (Å²) in [5, 5.41) is 0. The van der Waals surface area contributed by atoms with Crippen LogP contribution in [0.25, 0.3) is 11.4 Å². The monoisotopic (exact) mass is 296 g/mol. The van der Waals surface area contributed by atoms with Gasteiger partial charge in [0.05, 0.1) is 14.1 Å². The first-order valence-corrected chi connectivity index (χ1v) is 7.56. The molecule has 0 saturated heterocycles. The molecule has 3 aromatic rings. The van der Waals surface area contributed by atoms with Crippen LogP contribution in [-0.2, 0) is 19.5 Å². The van der Waals surface area contributed by atoms with Gasteiger partial charge in [0.15, 0.2) is 0 Å². The van der Waals surface area contributed by atoms with E-state index in [2.05, 4.69) is 94.7 Å². The smallest absolute Gasteiger partial charge is 0.239 e. The number of imidazole rings is 2. The van der Waals surface area contributed by atoms with E-state index in [-0.39, 0.29) is 5.41 Å². The number of benzene rings is 1. The van der Waals surface area contributed by atoms with Crippen molar-refractivity contribution in [2.45, 2.75) is 26.2 Å². The maximum Gasteiger partial charge on any atom is 0.248 e. The Balaban J connectivity index is 2.18. The molecule has 0 aliphatic carbocycles. The van der Waals surface area contributed by atoms with Gasteiger partial charge in [0.2, 0.25) is 12.7 Å². The van der Waals surface area contributed by atoms with E-state index in [4.69, 9.17) is 0 Å². The van der Waals surface area contributed by atoms with Crippen LogP contribution >= 0.6 is 0 Å². The van der Waals surface area contributed by atoms with Crippen molar-refractivity contribution in [3.8, 4) is 11.4 Å². The molecule has 3 rings (SSSR count). The lowest BCUT2D eigenvalue weighted by Gasteiger charge is -2.19. The molecule has 0 radical (unpaired) electrons. The summed E-state index contributed by atoms with van der Waals surface area (Å²) >= 11 is 0. The number of hydrogen-bond acceptors (Lipinski definition) is 0. The minimum atomic E-state index is 0.107. The first-order valence-electron chi connectivity index (χ1n) is 7.56. The van der Waals surface area contributed by atoms with Gasteiger partial charge in [-0.2, -0.15) is 0 Å². The SMILES string of the molecule is C[n+]1ccn(-c2cc(-n3cc[n+](C)c3)cc(C(C)(C)C)c2)c1. The molecule has 4 nitrogen and oxygen atoms in total. The Kier molecular flexibility index (Phi) is 3.39. The van der Waals surface area contributed by atoms with Gasteiger partial charge in [-0.3, -0.25) is 0 Å². The molecule has 4 heteroatoms. The molecule has 0 unspecified atom stereocenters. The summed E-state index contributed by atoms with van der Waals surface area (Å²) in [5.74, 6) is 0. The predicted molar refractivity (Wildman–Crippen MR) is 86.1 cm³/mol. The van der Waals surface area contributed by atoms with Crippen molar-refractivity contribution in [3.05, 3.63) is 61.2 Å². The molecular weight excluding hydrogens is 272 g/mol. The molecule has 114 valence electrons. The molecular formula is C18H24N4+2. The number of nitrogens with zero attached hydrogens (tertiary/aromatic N) is 4. The molecule has 0 atom stereocenters. The van der Waals surface area contributed by atoms with Gasteiger partial charge in [0, 0.05) is 6.07 Å². The van der Waals surface area contributed by atoms with Gasteiger partial charge in [-0.1, -0.05) is 20.8 Å². The van der Waals surface area contributed by atoms with Crippen molar-refractivity contribution in [3.63, 3.8) is 0 Å². The van der Waals surface area contributed by atoms with Crippen LogP contribution in [0.3, 0.4) is 0 Å². The average Bonchev–Trinajstić information content (AvgIpc) is 3.06. The minimum Gasteiger partial charge on any atom is -0.239 e. The van der Waals surface area contributed by atoms with Crippen molar-refractivity contribution < 1.29 is 9.13 Å². The molecule has 0 fully saturated rings. The normalized spacial score (nSPS) is 11.9. The lowest BCUT2D eigenvalue weighted by Crippen LogP contribution is -2.24. The Morgan fingerprint density at radius 1 is 0.773 bits per heavy atom. The second kappa shape index (κ2) is 5.13. The zero-order chi connectivity index (χ0) is 15.9. The first kappa shape index (κ1) is 14.6. The van der Waals surface area contributed by atoms with Crippen LogP contribution in [0.1, 0.15) is 26.3 Å². The summed E-state index contributed by atoms with van der Waals surface area (Å²) in [6.07, 6.45) is 12.4. The standard InChI is InChI=1S/C18H24N4/c1-18(2,3)15-10-16(21-8-6-19(4)13-21)12-17(11-15)22-9-7-20(5)14-22/h6-14H,1-5H3/q+2. The Bertz CT molecular complexity index is 744. The molecule has 0 aliphatic heterocycles. The first-order chi connectivity index (χ1) is 10.3. The Hall–Kier alpha value is -2.36. The van der Waals surface area contributed by atoms with Crippen LogP contribution in [0.2, 0.25) is 0 Å². The fraction of sp³-hybridized carbons (Fsp3) is 0.333. The molecule has 2 heterocycles. The van der Waals surface area contributed by atoms with Crippen molar-refractivity contribution in [1.29, 1.82) is 0 Å². The maximum absolute atomic E-state index is 2.27. The largest absolute Gasteiger partial charge is 0.248 e. The molecule has 0 N–H and O–H groups in total.